The van der Waals surface area contributed by atoms with Crippen LogP contribution in [0.4, 0.5) is 0 Å². The smallest absolute Gasteiger partial charge is 0.159 e. The molecule has 0 N–H and O–H groups in total. The number of Topliss-reactive ketones (excluding diaryl/α,β-unsaturated/α-hetero) is 1. The lowest BCUT2D eigenvalue weighted by Gasteiger charge is -2.15. The number of para-hydroxylation sites is 1. The summed E-state index contributed by atoms with van der Waals surface area (Å²) in [6.07, 6.45) is 2.45. The molecule has 0 radical (unpaired) electrons. The summed E-state index contributed by atoms with van der Waals surface area (Å²) in [5.74, 6) is 1.07. The van der Waals surface area contributed by atoms with Crippen LogP contribution in [0.2, 0.25) is 0 Å². The molecule has 2 nitrogen and oxygen atoms in total. The fourth-order valence-electron chi connectivity index (χ4n) is 2.93. The Labute approximate surface area is 125 Å². The van der Waals surface area contributed by atoms with E-state index in [1.165, 1.54) is 0 Å². The van der Waals surface area contributed by atoms with Gasteiger partial charge in [0.15, 0.2) is 5.78 Å². The lowest BCUT2D eigenvalue weighted by atomic mass is 9.91. The Morgan fingerprint density at radius 3 is 2.33 bits per heavy atom. The van der Waals surface area contributed by atoms with E-state index >= 15 is 0 Å². The molecule has 0 amide bonds. The zero-order chi connectivity index (χ0) is 14.7. The predicted molar refractivity (Wildman–Crippen MR) is 84.3 cm³/mol. The number of ether oxygens (including phenoxy) is 1. The summed E-state index contributed by atoms with van der Waals surface area (Å²) in [7, 11) is 1.67. The molecule has 0 aliphatic heterocycles. The van der Waals surface area contributed by atoms with Gasteiger partial charge in [-0.2, -0.15) is 0 Å². The second-order valence-electron chi connectivity index (χ2n) is 5.20. The Bertz CT molecular complexity index is 684. The molecule has 2 aromatic carbocycles. The molecule has 1 saturated carbocycles. The predicted octanol–water partition coefficient (Wildman–Crippen LogP) is 4.25. The van der Waals surface area contributed by atoms with Crippen LogP contribution in [0.5, 0.6) is 5.75 Å². The van der Waals surface area contributed by atoms with Gasteiger partial charge in [-0.3, -0.25) is 4.79 Å². The molecule has 0 bridgehead atoms. The van der Waals surface area contributed by atoms with Gasteiger partial charge in [0.25, 0.3) is 0 Å². The summed E-state index contributed by atoms with van der Waals surface area (Å²) in [5, 5.41) is 0. The van der Waals surface area contributed by atoms with Crippen molar-refractivity contribution in [3.63, 3.8) is 0 Å². The summed E-state index contributed by atoms with van der Waals surface area (Å²) >= 11 is 0. The van der Waals surface area contributed by atoms with E-state index < -0.39 is 0 Å². The van der Waals surface area contributed by atoms with E-state index in [9.17, 15) is 4.79 Å². The standard InChI is InChI=1S/C19H18O2/c1-21-18-13-6-5-10-16(18)19(14-8-3-2-4-9-14)15-11-7-12-17(15)20/h2-6,8-10,13H,7,11-12H2,1H3/b19-15+. The van der Waals surface area contributed by atoms with Gasteiger partial charge < -0.3 is 4.74 Å². The minimum absolute atomic E-state index is 0.264. The first kappa shape index (κ1) is 13.6. The molecule has 1 fully saturated rings. The second kappa shape index (κ2) is 5.96. The maximum atomic E-state index is 12.3. The van der Waals surface area contributed by atoms with Gasteiger partial charge in [0.1, 0.15) is 5.75 Å². The van der Waals surface area contributed by atoms with Gasteiger partial charge in [-0.1, -0.05) is 48.5 Å². The first-order valence-corrected chi connectivity index (χ1v) is 7.26. The number of allylic oxidation sites excluding steroid dienone is 1. The van der Waals surface area contributed by atoms with E-state index in [1.54, 1.807) is 7.11 Å². The number of carbonyl (C=O) groups is 1. The van der Waals surface area contributed by atoms with Gasteiger partial charge in [-0.25, -0.2) is 0 Å². The first-order valence-electron chi connectivity index (χ1n) is 7.26. The third-order valence-corrected chi connectivity index (χ3v) is 3.91. The van der Waals surface area contributed by atoms with Crippen molar-refractivity contribution < 1.29 is 9.53 Å². The maximum Gasteiger partial charge on any atom is 0.159 e. The van der Waals surface area contributed by atoms with Crippen molar-refractivity contribution in [3.8, 4) is 5.75 Å². The van der Waals surface area contributed by atoms with Gasteiger partial charge in [0.05, 0.1) is 7.11 Å². The van der Waals surface area contributed by atoms with Crippen LogP contribution < -0.4 is 4.74 Å². The van der Waals surface area contributed by atoms with Gasteiger partial charge in [0, 0.05) is 17.6 Å². The van der Waals surface area contributed by atoms with Gasteiger partial charge in [-0.15, -0.1) is 0 Å². The molecule has 0 saturated heterocycles. The van der Waals surface area contributed by atoms with Crippen LogP contribution >= 0.6 is 0 Å². The number of methoxy groups -OCH3 is 1. The number of rotatable bonds is 3. The highest BCUT2D eigenvalue weighted by Crippen LogP contribution is 2.37. The lowest BCUT2D eigenvalue weighted by Crippen LogP contribution is -2.01. The second-order valence-corrected chi connectivity index (χ2v) is 5.20. The van der Waals surface area contributed by atoms with Crippen LogP contribution in [0.3, 0.4) is 0 Å². The number of hydrogen-bond donors (Lipinski definition) is 0. The number of carbonyl (C=O) groups excluding carboxylic acids is 1. The van der Waals surface area contributed by atoms with Crippen LogP contribution in [0, 0.1) is 0 Å². The quantitative estimate of drug-likeness (QED) is 0.784. The molecule has 106 valence electrons. The molecule has 1 aliphatic rings. The van der Waals surface area contributed by atoms with Crippen molar-refractivity contribution in [2.45, 2.75) is 19.3 Å². The van der Waals surface area contributed by atoms with Crippen molar-refractivity contribution >= 4 is 11.4 Å². The van der Waals surface area contributed by atoms with E-state index in [-0.39, 0.29) is 5.78 Å². The average Bonchev–Trinajstić information content (AvgIpc) is 2.95. The van der Waals surface area contributed by atoms with Crippen molar-refractivity contribution in [2.24, 2.45) is 0 Å². The third-order valence-electron chi connectivity index (χ3n) is 3.91. The molecular weight excluding hydrogens is 260 g/mol. The molecule has 2 heteroatoms. The monoisotopic (exact) mass is 278 g/mol. The van der Waals surface area contributed by atoms with Crippen molar-refractivity contribution in [3.05, 3.63) is 71.3 Å². The third kappa shape index (κ3) is 2.62. The summed E-state index contributed by atoms with van der Waals surface area (Å²) in [6, 6.07) is 18.0. The van der Waals surface area contributed by atoms with E-state index in [2.05, 4.69) is 12.1 Å². The SMILES string of the molecule is COc1ccccc1/C(=C1\CCCC1=O)c1ccccc1. The molecule has 21 heavy (non-hydrogen) atoms. The summed E-state index contributed by atoms with van der Waals surface area (Å²) in [5.41, 5.74) is 4.03. The highest BCUT2D eigenvalue weighted by atomic mass is 16.5. The summed E-state index contributed by atoms with van der Waals surface area (Å²) in [4.78, 5) is 12.3. The summed E-state index contributed by atoms with van der Waals surface area (Å²) < 4.78 is 5.50. The van der Waals surface area contributed by atoms with Crippen molar-refractivity contribution in [1.82, 2.24) is 0 Å². The zero-order valence-electron chi connectivity index (χ0n) is 12.1. The van der Waals surface area contributed by atoms with E-state index in [0.29, 0.717) is 6.42 Å². The maximum absolute atomic E-state index is 12.3. The van der Waals surface area contributed by atoms with Gasteiger partial charge in [-0.05, 0) is 30.0 Å². The zero-order valence-corrected chi connectivity index (χ0v) is 12.1. The van der Waals surface area contributed by atoms with E-state index in [0.717, 1.165) is 40.9 Å². The molecule has 0 spiro atoms. The molecule has 0 heterocycles. The molecule has 3 rings (SSSR count). The van der Waals surface area contributed by atoms with Gasteiger partial charge in [0.2, 0.25) is 0 Å². The normalized spacial score (nSPS) is 16.9. The van der Waals surface area contributed by atoms with Crippen molar-refractivity contribution in [1.29, 1.82) is 0 Å². The minimum Gasteiger partial charge on any atom is -0.496 e. The molecule has 0 aromatic heterocycles. The van der Waals surface area contributed by atoms with Crippen LogP contribution in [0.15, 0.2) is 60.2 Å². The Balaban J connectivity index is 2.25. The van der Waals surface area contributed by atoms with Crippen LogP contribution in [-0.2, 0) is 4.79 Å². The van der Waals surface area contributed by atoms with Crippen LogP contribution in [-0.4, -0.2) is 12.9 Å². The highest BCUT2D eigenvalue weighted by molar-refractivity contribution is 6.07. The number of ketones is 1. The van der Waals surface area contributed by atoms with Crippen LogP contribution in [0.1, 0.15) is 30.4 Å². The Kier molecular flexibility index (Phi) is 3.87. The Hall–Kier alpha value is -2.35. The fourth-order valence-corrected chi connectivity index (χ4v) is 2.93. The Morgan fingerprint density at radius 1 is 0.952 bits per heavy atom. The largest absolute Gasteiger partial charge is 0.496 e. The minimum atomic E-state index is 0.264. The topological polar surface area (TPSA) is 26.3 Å². The van der Waals surface area contributed by atoms with Crippen molar-refractivity contribution in [2.75, 3.05) is 7.11 Å². The number of hydrogen-bond acceptors (Lipinski definition) is 2. The molecule has 2 aromatic rings. The average molecular weight is 278 g/mol. The molecule has 1 aliphatic carbocycles. The number of benzene rings is 2. The molecule has 0 unspecified atom stereocenters. The first-order chi connectivity index (χ1) is 10.3. The van der Waals surface area contributed by atoms with Gasteiger partial charge >= 0.3 is 0 Å². The lowest BCUT2D eigenvalue weighted by molar-refractivity contribution is -0.114. The van der Waals surface area contributed by atoms with E-state index in [1.807, 2.05) is 42.5 Å². The summed E-state index contributed by atoms with van der Waals surface area (Å²) in [6.45, 7) is 0. The van der Waals surface area contributed by atoms with E-state index in [4.69, 9.17) is 4.74 Å². The molecular formula is C19H18O2. The molecule has 0 atom stereocenters. The highest BCUT2D eigenvalue weighted by Gasteiger charge is 2.24. The Morgan fingerprint density at radius 2 is 1.67 bits per heavy atom. The fraction of sp³-hybridized carbons (Fsp3) is 0.211. The van der Waals surface area contributed by atoms with Crippen LogP contribution in [0.25, 0.3) is 5.57 Å².